The van der Waals surface area contributed by atoms with Crippen molar-refractivity contribution in [2.24, 2.45) is 0 Å². The predicted octanol–water partition coefficient (Wildman–Crippen LogP) is 9.24. The van der Waals surface area contributed by atoms with E-state index in [1.165, 1.54) is 17.3 Å². The van der Waals surface area contributed by atoms with E-state index in [4.69, 9.17) is 31.2 Å². The van der Waals surface area contributed by atoms with Crippen molar-refractivity contribution in [1.82, 2.24) is 14.8 Å². The summed E-state index contributed by atoms with van der Waals surface area (Å²) in [5.74, 6) is 2.05. The minimum atomic E-state index is -0.623. The molecular formula is C37H35BrClN5O3S. The van der Waals surface area contributed by atoms with Crippen LogP contribution in [0.5, 0.6) is 11.5 Å². The summed E-state index contributed by atoms with van der Waals surface area (Å²) in [7, 11) is 0. The molecule has 6 rings (SSSR count). The lowest BCUT2D eigenvalue weighted by Crippen LogP contribution is -2.31. The van der Waals surface area contributed by atoms with E-state index in [1.54, 1.807) is 4.68 Å². The van der Waals surface area contributed by atoms with Crippen LogP contribution in [-0.4, -0.2) is 33.9 Å². The van der Waals surface area contributed by atoms with Gasteiger partial charge in [0.05, 0.1) is 23.3 Å². The fourth-order valence-electron chi connectivity index (χ4n) is 5.54. The third kappa shape index (κ3) is 7.72. The van der Waals surface area contributed by atoms with Crippen molar-refractivity contribution >= 4 is 56.8 Å². The molecule has 1 aliphatic rings. The first-order valence-electron chi connectivity index (χ1n) is 15.6. The van der Waals surface area contributed by atoms with Crippen LogP contribution in [0.3, 0.4) is 0 Å². The number of amides is 1. The van der Waals surface area contributed by atoms with E-state index in [9.17, 15) is 4.79 Å². The number of hydrogen-bond acceptors (Lipinski definition) is 7. The average Bonchev–Trinajstić information content (AvgIpc) is 3.47. The van der Waals surface area contributed by atoms with Crippen LogP contribution in [-0.2, 0) is 17.0 Å². The van der Waals surface area contributed by atoms with Gasteiger partial charge in [0, 0.05) is 28.6 Å². The van der Waals surface area contributed by atoms with E-state index in [-0.39, 0.29) is 5.91 Å². The van der Waals surface area contributed by atoms with Crippen molar-refractivity contribution in [2.45, 2.75) is 44.1 Å². The summed E-state index contributed by atoms with van der Waals surface area (Å²) in [6.07, 6.45) is 0.747. The van der Waals surface area contributed by atoms with Crippen LogP contribution in [0.2, 0.25) is 5.02 Å². The molecule has 1 aliphatic heterocycles. The highest BCUT2D eigenvalue weighted by Gasteiger charge is 2.35. The number of carbonyl (C=O) groups is 1. The number of benzene rings is 4. The zero-order valence-electron chi connectivity index (χ0n) is 26.8. The van der Waals surface area contributed by atoms with Crippen molar-refractivity contribution < 1.29 is 14.3 Å². The Kier molecular flexibility index (Phi) is 10.7. The van der Waals surface area contributed by atoms with Gasteiger partial charge in [-0.25, -0.2) is 4.68 Å². The second-order valence-corrected chi connectivity index (χ2v) is 13.5. The molecule has 4 aromatic carbocycles. The maximum absolute atomic E-state index is 14.1. The highest BCUT2D eigenvalue weighted by atomic mass is 79.9. The van der Waals surface area contributed by atoms with E-state index in [0.717, 1.165) is 23.1 Å². The normalized spacial score (nSPS) is 13.9. The molecule has 8 nitrogen and oxygen atoms in total. The van der Waals surface area contributed by atoms with Gasteiger partial charge in [0.2, 0.25) is 11.1 Å². The molecule has 5 aromatic rings. The van der Waals surface area contributed by atoms with E-state index in [2.05, 4.69) is 38.7 Å². The number of fused-ring (bicyclic) bond motifs is 1. The lowest BCUT2D eigenvalue weighted by Gasteiger charge is -2.29. The van der Waals surface area contributed by atoms with Crippen LogP contribution in [0.4, 0.5) is 11.6 Å². The van der Waals surface area contributed by atoms with Crippen molar-refractivity contribution in [3.63, 3.8) is 0 Å². The fourth-order valence-corrected chi connectivity index (χ4v) is 7.23. The highest BCUT2D eigenvalue weighted by molar-refractivity contribution is 9.10. The Morgan fingerprint density at radius 2 is 1.81 bits per heavy atom. The maximum Gasteiger partial charge on any atom is 0.255 e. The minimum absolute atomic E-state index is 0.251. The van der Waals surface area contributed by atoms with E-state index in [1.807, 2.05) is 99.6 Å². The number of ether oxygens (including phenoxy) is 2. The summed E-state index contributed by atoms with van der Waals surface area (Å²) in [6, 6.07) is 28.9. The first kappa shape index (κ1) is 33.6. The molecule has 0 fully saturated rings. The molecular weight excluding hydrogens is 710 g/mol. The minimum Gasteiger partial charge on any atom is -0.490 e. The topological polar surface area (TPSA) is 90.3 Å². The zero-order chi connectivity index (χ0) is 33.6. The van der Waals surface area contributed by atoms with Gasteiger partial charge in [0.15, 0.2) is 11.5 Å². The Hall–Kier alpha value is -4.25. The molecule has 2 N–H and O–H groups in total. The highest BCUT2D eigenvalue weighted by Crippen LogP contribution is 2.43. The number of nitrogens with zero attached hydrogens (tertiary/aromatic N) is 3. The Morgan fingerprint density at radius 3 is 2.58 bits per heavy atom. The van der Waals surface area contributed by atoms with E-state index < -0.39 is 6.04 Å². The van der Waals surface area contributed by atoms with Crippen LogP contribution < -0.4 is 20.1 Å². The van der Waals surface area contributed by atoms with Crippen molar-refractivity contribution in [3.05, 3.63) is 134 Å². The number of halogens is 2. The monoisotopic (exact) mass is 743 g/mol. The first-order valence-corrected chi connectivity index (χ1v) is 17.8. The summed E-state index contributed by atoms with van der Waals surface area (Å²) in [4.78, 5) is 18.9. The molecule has 0 saturated carbocycles. The predicted molar refractivity (Wildman–Crippen MR) is 196 cm³/mol. The van der Waals surface area contributed by atoms with Gasteiger partial charge in [-0.1, -0.05) is 84.0 Å². The van der Waals surface area contributed by atoms with Gasteiger partial charge in [-0.05, 0) is 89.3 Å². The fraction of sp³-hybridized carbons (Fsp3) is 0.216. The first-order chi connectivity index (χ1) is 23.3. The van der Waals surface area contributed by atoms with Crippen LogP contribution >= 0.6 is 39.3 Å². The van der Waals surface area contributed by atoms with Gasteiger partial charge < -0.3 is 20.1 Å². The second-order valence-electron chi connectivity index (χ2n) is 11.3. The summed E-state index contributed by atoms with van der Waals surface area (Å²) in [5, 5.41) is 12.6. The number of anilines is 2. The lowest BCUT2D eigenvalue weighted by atomic mass is 9.94. The SMILES string of the molecule is CCOc1cc(C2C(C(=O)Nc3cccc(C)c3)=C(C)Nc3nc(SCc4ccccc4Cl)nn32)cc(Br)c1OCCc1ccccc1. The van der Waals surface area contributed by atoms with Crippen LogP contribution in [0, 0.1) is 6.92 Å². The molecule has 0 spiro atoms. The summed E-state index contributed by atoms with van der Waals surface area (Å²) < 4.78 is 14.9. The number of rotatable bonds is 12. The average molecular weight is 745 g/mol. The number of aromatic nitrogens is 3. The summed E-state index contributed by atoms with van der Waals surface area (Å²) in [5.41, 5.74) is 5.88. The van der Waals surface area contributed by atoms with Crippen LogP contribution in [0.1, 0.15) is 42.1 Å². The van der Waals surface area contributed by atoms with Gasteiger partial charge in [0.25, 0.3) is 5.91 Å². The largest absolute Gasteiger partial charge is 0.490 e. The summed E-state index contributed by atoms with van der Waals surface area (Å²) in [6.45, 7) is 6.71. The van der Waals surface area contributed by atoms with Crippen molar-refractivity contribution in [1.29, 1.82) is 0 Å². The van der Waals surface area contributed by atoms with Crippen molar-refractivity contribution in [3.8, 4) is 11.5 Å². The Bertz CT molecular complexity index is 1970. The Balaban J connectivity index is 1.36. The van der Waals surface area contributed by atoms with Crippen molar-refractivity contribution in [2.75, 3.05) is 23.8 Å². The van der Waals surface area contributed by atoms with E-state index >= 15 is 0 Å². The van der Waals surface area contributed by atoms with Gasteiger partial charge in [-0.2, -0.15) is 4.98 Å². The quantitative estimate of drug-likeness (QED) is 0.123. The summed E-state index contributed by atoms with van der Waals surface area (Å²) >= 11 is 11.7. The number of aryl methyl sites for hydroxylation is 1. The molecule has 0 saturated heterocycles. The van der Waals surface area contributed by atoms with Crippen LogP contribution in [0.25, 0.3) is 0 Å². The van der Waals surface area contributed by atoms with Gasteiger partial charge in [-0.15, -0.1) is 5.10 Å². The molecule has 1 aromatic heterocycles. The smallest absolute Gasteiger partial charge is 0.255 e. The number of hydrogen-bond donors (Lipinski definition) is 2. The standard InChI is InChI=1S/C37H35BrClN5O3S/c1-4-46-31-21-27(20-29(38)34(31)47-18-17-25-12-6-5-7-13-25)33-32(35(45)41-28-15-10-11-23(2)19-28)24(3)40-36-42-37(43-44(33)36)48-22-26-14-8-9-16-30(26)39/h5-16,19-21,33H,4,17-18,22H2,1-3H3,(H,41,45)(H,40,42,43). The number of thioether (sulfide) groups is 1. The molecule has 246 valence electrons. The number of allylic oxidation sites excluding steroid dienone is 1. The third-order valence-corrected chi connectivity index (χ3v) is 9.64. The van der Waals surface area contributed by atoms with Gasteiger partial charge in [0.1, 0.15) is 6.04 Å². The van der Waals surface area contributed by atoms with Gasteiger partial charge >= 0.3 is 0 Å². The maximum atomic E-state index is 14.1. The third-order valence-electron chi connectivity index (χ3n) is 7.80. The Morgan fingerprint density at radius 1 is 1.02 bits per heavy atom. The molecule has 0 radical (unpaired) electrons. The lowest BCUT2D eigenvalue weighted by molar-refractivity contribution is -0.113. The molecule has 1 unspecified atom stereocenters. The molecule has 0 bridgehead atoms. The Labute approximate surface area is 298 Å². The number of carbonyl (C=O) groups excluding carboxylic acids is 1. The zero-order valence-corrected chi connectivity index (χ0v) is 30.0. The van der Waals surface area contributed by atoms with E-state index in [0.29, 0.717) is 68.0 Å². The molecule has 11 heteroatoms. The second kappa shape index (κ2) is 15.3. The molecule has 1 atom stereocenters. The molecule has 0 aliphatic carbocycles. The molecule has 2 heterocycles. The molecule has 48 heavy (non-hydrogen) atoms. The molecule has 1 amide bonds. The van der Waals surface area contributed by atoms with Gasteiger partial charge in [-0.3, -0.25) is 4.79 Å². The number of nitrogens with one attached hydrogen (secondary N) is 2. The van der Waals surface area contributed by atoms with Crippen LogP contribution in [0.15, 0.2) is 112 Å².